The maximum Gasteiger partial charge on any atom is 0.274 e. The van der Waals surface area contributed by atoms with Crippen LogP contribution in [0.1, 0.15) is 40.7 Å². The number of hydrogen-bond acceptors (Lipinski definition) is 4. The van der Waals surface area contributed by atoms with Gasteiger partial charge in [-0.25, -0.2) is 4.98 Å². The number of likely N-dealkylation sites (tertiary alicyclic amines) is 1. The first-order valence-corrected chi connectivity index (χ1v) is 8.78. The Hall–Kier alpha value is -2.89. The van der Waals surface area contributed by atoms with Crippen LogP contribution in [-0.4, -0.2) is 41.9 Å². The largest absolute Gasteiger partial charge is 0.497 e. The highest BCUT2D eigenvalue weighted by atomic mass is 16.5. The van der Waals surface area contributed by atoms with Crippen LogP contribution in [-0.2, 0) is 0 Å². The first kappa shape index (κ1) is 17.9. The molecule has 2 heterocycles. The molecule has 1 saturated heterocycles. The second-order valence-corrected chi connectivity index (χ2v) is 6.57. The molecule has 1 aromatic carbocycles. The summed E-state index contributed by atoms with van der Waals surface area (Å²) in [4.78, 5) is 31.1. The second-order valence-electron chi connectivity index (χ2n) is 6.57. The van der Waals surface area contributed by atoms with Gasteiger partial charge in [0, 0.05) is 18.8 Å². The quantitative estimate of drug-likeness (QED) is 0.916. The summed E-state index contributed by atoms with van der Waals surface area (Å²) >= 11 is 0. The lowest BCUT2D eigenvalue weighted by atomic mass is 9.99. The monoisotopic (exact) mass is 353 g/mol. The molecule has 6 nitrogen and oxygen atoms in total. The van der Waals surface area contributed by atoms with Crippen molar-refractivity contribution >= 4 is 17.5 Å². The van der Waals surface area contributed by atoms with Gasteiger partial charge in [0.1, 0.15) is 17.1 Å². The van der Waals surface area contributed by atoms with E-state index in [4.69, 9.17) is 4.74 Å². The van der Waals surface area contributed by atoms with Gasteiger partial charge in [-0.3, -0.25) is 9.59 Å². The average molecular weight is 353 g/mol. The first-order chi connectivity index (χ1) is 12.6. The van der Waals surface area contributed by atoms with Gasteiger partial charge in [-0.1, -0.05) is 13.0 Å². The molecule has 0 spiro atoms. The van der Waals surface area contributed by atoms with Crippen molar-refractivity contribution < 1.29 is 14.3 Å². The van der Waals surface area contributed by atoms with Gasteiger partial charge in [-0.05, 0) is 55.2 Å². The minimum atomic E-state index is -0.350. The van der Waals surface area contributed by atoms with Crippen LogP contribution in [0.3, 0.4) is 0 Å². The SMILES string of the molecule is COc1ccc(NC(=O)c2cccc(C(=O)N3CCC(C)CC3)n2)cc1. The van der Waals surface area contributed by atoms with Crippen molar-refractivity contribution in [2.24, 2.45) is 5.92 Å². The van der Waals surface area contributed by atoms with Crippen LogP contribution in [0.5, 0.6) is 5.75 Å². The molecule has 1 fully saturated rings. The van der Waals surface area contributed by atoms with E-state index in [9.17, 15) is 9.59 Å². The Morgan fingerprint density at radius 3 is 2.38 bits per heavy atom. The normalized spacial score (nSPS) is 14.8. The number of methoxy groups -OCH3 is 1. The van der Waals surface area contributed by atoms with Crippen LogP contribution in [0.15, 0.2) is 42.5 Å². The molecule has 1 aliphatic heterocycles. The zero-order valence-corrected chi connectivity index (χ0v) is 15.1. The van der Waals surface area contributed by atoms with Gasteiger partial charge >= 0.3 is 0 Å². The molecule has 1 aliphatic rings. The van der Waals surface area contributed by atoms with Crippen molar-refractivity contribution in [2.45, 2.75) is 19.8 Å². The molecule has 3 rings (SSSR count). The number of hydrogen-bond donors (Lipinski definition) is 1. The van der Waals surface area contributed by atoms with E-state index in [1.54, 1.807) is 49.6 Å². The lowest BCUT2D eigenvalue weighted by Gasteiger charge is -2.30. The van der Waals surface area contributed by atoms with Crippen molar-refractivity contribution in [3.05, 3.63) is 53.9 Å². The molecule has 0 unspecified atom stereocenters. The molecule has 1 aromatic heterocycles. The maximum atomic E-state index is 12.6. The third kappa shape index (κ3) is 4.20. The Morgan fingerprint density at radius 2 is 1.73 bits per heavy atom. The topological polar surface area (TPSA) is 71.5 Å². The van der Waals surface area contributed by atoms with Gasteiger partial charge in [0.2, 0.25) is 0 Å². The second kappa shape index (κ2) is 7.99. The van der Waals surface area contributed by atoms with Crippen molar-refractivity contribution in [2.75, 3.05) is 25.5 Å². The van der Waals surface area contributed by atoms with Crippen molar-refractivity contribution in [1.82, 2.24) is 9.88 Å². The number of rotatable bonds is 4. The highest BCUT2D eigenvalue weighted by Gasteiger charge is 2.23. The smallest absolute Gasteiger partial charge is 0.274 e. The fraction of sp³-hybridized carbons (Fsp3) is 0.350. The number of carbonyl (C=O) groups excluding carboxylic acids is 2. The predicted octanol–water partition coefficient (Wildman–Crippen LogP) is 3.21. The highest BCUT2D eigenvalue weighted by Crippen LogP contribution is 2.18. The van der Waals surface area contributed by atoms with Gasteiger partial charge in [-0.2, -0.15) is 0 Å². The van der Waals surface area contributed by atoms with E-state index in [1.165, 1.54) is 0 Å². The summed E-state index contributed by atoms with van der Waals surface area (Å²) in [5.74, 6) is 0.895. The van der Waals surface area contributed by atoms with Crippen LogP contribution >= 0.6 is 0 Å². The molecule has 2 aromatic rings. The zero-order chi connectivity index (χ0) is 18.5. The number of nitrogens with zero attached hydrogens (tertiary/aromatic N) is 2. The highest BCUT2D eigenvalue weighted by molar-refractivity contribution is 6.03. The number of piperidine rings is 1. The minimum absolute atomic E-state index is 0.115. The van der Waals surface area contributed by atoms with E-state index in [0.29, 0.717) is 23.0 Å². The Morgan fingerprint density at radius 1 is 1.08 bits per heavy atom. The molecular formula is C20H23N3O3. The van der Waals surface area contributed by atoms with E-state index in [0.717, 1.165) is 25.9 Å². The fourth-order valence-corrected chi connectivity index (χ4v) is 2.92. The van der Waals surface area contributed by atoms with E-state index in [2.05, 4.69) is 17.2 Å². The van der Waals surface area contributed by atoms with Crippen LogP contribution in [0.2, 0.25) is 0 Å². The number of benzene rings is 1. The molecule has 0 aliphatic carbocycles. The van der Waals surface area contributed by atoms with Gasteiger partial charge in [0.25, 0.3) is 11.8 Å². The van der Waals surface area contributed by atoms with E-state index >= 15 is 0 Å². The molecular weight excluding hydrogens is 330 g/mol. The molecule has 6 heteroatoms. The Bertz CT molecular complexity index is 781. The summed E-state index contributed by atoms with van der Waals surface area (Å²) in [5, 5.41) is 2.78. The van der Waals surface area contributed by atoms with Gasteiger partial charge in [0.15, 0.2) is 0 Å². The predicted molar refractivity (Wildman–Crippen MR) is 99.5 cm³/mol. The van der Waals surface area contributed by atoms with E-state index in [-0.39, 0.29) is 17.5 Å². The summed E-state index contributed by atoms with van der Waals surface area (Å²) in [7, 11) is 1.59. The van der Waals surface area contributed by atoms with Crippen molar-refractivity contribution in [3.63, 3.8) is 0 Å². The van der Waals surface area contributed by atoms with Gasteiger partial charge in [0.05, 0.1) is 7.11 Å². The number of nitrogens with one attached hydrogen (secondary N) is 1. The molecule has 1 N–H and O–H groups in total. The van der Waals surface area contributed by atoms with Crippen molar-refractivity contribution in [3.8, 4) is 5.75 Å². The molecule has 26 heavy (non-hydrogen) atoms. The van der Waals surface area contributed by atoms with Crippen LogP contribution in [0, 0.1) is 5.92 Å². The average Bonchev–Trinajstić information content (AvgIpc) is 2.68. The number of ether oxygens (including phenoxy) is 1. The number of aromatic nitrogens is 1. The van der Waals surface area contributed by atoms with E-state index in [1.807, 2.05) is 4.90 Å². The van der Waals surface area contributed by atoms with E-state index < -0.39 is 0 Å². The summed E-state index contributed by atoms with van der Waals surface area (Å²) in [6.45, 7) is 3.68. The lowest BCUT2D eigenvalue weighted by molar-refractivity contribution is 0.0691. The number of carbonyl (C=O) groups is 2. The third-order valence-electron chi connectivity index (χ3n) is 4.62. The van der Waals surface area contributed by atoms with Gasteiger partial charge in [-0.15, -0.1) is 0 Å². The summed E-state index contributed by atoms with van der Waals surface area (Å²) in [6.07, 6.45) is 2.01. The first-order valence-electron chi connectivity index (χ1n) is 8.78. The minimum Gasteiger partial charge on any atom is -0.497 e. The van der Waals surface area contributed by atoms with Crippen LogP contribution in [0.4, 0.5) is 5.69 Å². The number of pyridine rings is 1. The molecule has 0 atom stereocenters. The Balaban J connectivity index is 1.69. The molecule has 2 amide bonds. The maximum absolute atomic E-state index is 12.6. The number of amides is 2. The van der Waals surface area contributed by atoms with Crippen LogP contribution in [0.25, 0.3) is 0 Å². The summed E-state index contributed by atoms with van der Waals surface area (Å²) in [5.41, 5.74) is 1.17. The Kier molecular flexibility index (Phi) is 5.51. The standard InChI is InChI=1S/C20H23N3O3/c1-14-10-12-23(13-11-14)20(25)18-5-3-4-17(22-18)19(24)21-15-6-8-16(26-2)9-7-15/h3-9,14H,10-13H2,1-2H3,(H,21,24). The molecule has 0 radical (unpaired) electrons. The summed E-state index contributed by atoms with van der Waals surface area (Å²) in [6, 6.07) is 12.0. The zero-order valence-electron chi connectivity index (χ0n) is 15.1. The van der Waals surface area contributed by atoms with Crippen molar-refractivity contribution in [1.29, 1.82) is 0 Å². The lowest BCUT2D eigenvalue weighted by Crippen LogP contribution is -2.38. The Labute approximate surface area is 153 Å². The van der Waals surface area contributed by atoms with Gasteiger partial charge < -0.3 is 15.0 Å². The summed E-state index contributed by atoms with van der Waals surface area (Å²) < 4.78 is 5.10. The van der Waals surface area contributed by atoms with Crippen LogP contribution < -0.4 is 10.1 Å². The molecule has 136 valence electrons. The third-order valence-corrected chi connectivity index (χ3v) is 4.62. The fourth-order valence-electron chi connectivity index (χ4n) is 2.92. The number of anilines is 1. The molecule has 0 bridgehead atoms. The molecule has 0 saturated carbocycles.